The monoisotopic (exact) mass is 1560 g/mol. The van der Waals surface area contributed by atoms with Crippen LogP contribution in [0.25, 0.3) is 49.3 Å². The van der Waals surface area contributed by atoms with Gasteiger partial charge in [-0.05, 0) is 290 Å². The van der Waals surface area contributed by atoms with Crippen LogP contribution < -0.4 is 0 Å². The van der Waals surface area contributed by atoms with Crippen LogP contribution in [0.3, 0.4) is 0 Å². The van der Waals surface area contributed by atoms with Crippen LogP contribution in [0.1, 0.15) is 203 Å². The lowest BCUT2D eigenvalue weighted by molar-refractivity contribution is -0.145. The summed E-state index contributed by atoms with van der Waals surface area (Å²) >= 11 is 0. The molecule has 2 unspecified atom stereocenters. The van der Waals surface area contributed by atoms with E-state index < -0.39 is 0 Å². The molecular formula is C105H120FN7O4. The van der Waals surface area contributed by atoms with Crippen molar-refractivity contribution in [2.75, 3.05) is 55.5 Å². The van der Waals surface area contributed by atoms with E-state index in [1.807, 2.05) is 6.07 Å². The number of aromatic nitrogens is 4. The number of hydrogen-bond donors (Lipinski definition) is 3. The molecule has 0 bridgehead atoms. The van der Waals surface area contributed by atoms with Crippen molar-refractivity contribution in [2.45, 2.75) is 219 Å². The van der Waals surface area contributed by atoms with E-state index in [4.69, 9.17) is 18.9 Å². The molecule has 8 heterocycles. The summed E-state index contributed by atoms with van der Waals surface area (Å²) in [6.07, 6.45) is 22.5. The first kappa shape index (κ1) is 78.9. The molecule has 0 radical (unpaired) electrons. The number of ether oxygens (including phenoxy) is 4. The highest BCUT2D eigenvalue weighted by Crippen LogP contribution is 2.59. The third-order valence-corrected chi connectivity index (χ3v) is 30.1. The molecule has 2 atom stereocenters. The fourth-order valence-electron chi connectivity index (χ4n) is 23.6. The first-order valence-corrected chi connectivity index (χ1v) is 43.9. The molecule has 4 saturated carbocycles. The molecular weight excluding hydrogens is 1440 g/mol. The van der Waals surface area contributed by atoms with Gasteiger partial charge in [0.05, 0.1) is 53.7 Å². The third-order valence-electron chi connectivity index (χ3n) is 30.1. The van der Waals surface area contributed by atoms with Gasteiger partial charge >= 0.3 is 0 Å². The van der Waals surface area contributed by atoms with Crippen molar-refractivity contribution >= 4 is 43.6 Å². The van der Waals surface area contributed by atoms with E-state index >= 15 is 0 Å². The van der Waals surface area contributed by atoms with Crippen LogP contribution >= 0.6 is 0 Å². The van der Waals surface area contributed by atoms with Crippen molar-refractivity contribution in [1.82, 2.24) is 34.2 Å². The average molecular weight is 1560 g/mol. The van der Waals surface area contributed by atoms with Crippen LogP contribution in [0.2, 0.25) is 0 Å². The van der Waals surface area contributed by atoms with Crippen molar-refractivity contribution < 1.29 is 23.3 Å². The summed E-state index contributed by atoms with van der Waals surface area (Å²) in [5.41, 5.74) is 23.7. The van der Waals surface area contributed by atoms with Crippen LogP contribution in [0.5, 0.6) is 0 Å². The van der Waals surface area contributed by atoms with Gasteiger partial charge in [-0.2, -0.15) is 0 Å². The number of benzene rings is 9. The van der Waals surface area contributed by atoms with E-state index in [-0.39, 0.29) is 57.0 Å². The minimum absolute atomic E-state index is 0.0227. The summed E-state index contributed by atoms with van der Waals surface area (Å²) < 4.78 is 43.2. The van der Waals surface area contributed by atoms with Gasteiger partial charge in [0.2, 0.25) is 0 Å². The van der Waals surface area contributed by atoms with Crippen molar-refractivity contribution in [1.29, 1.82) is 0 Å². The number of H-pyrrole nitrogens is 3. The molecule has 4 aliphatic carbocycles. The van der Waals surface area contributed by atoms with Crippen molar-refractivity contribution in [2.24, 2.45) is 0 Å². The summed E-state index contributed by atoms with van der Waals surface area (Å²) in [5, 5.41) is 5.18. The molecule has 8 aliphatic rings. The maximum absolute atomic E-state index is 13.9. The van der Waals surface area contributed by atoms with Gasteiger partial charge in [-0.3, -0.25) is 14.7 Å². The fourth-order valence-corrected chi connectivity index (χ4v) is 23.6. The molecule has 0 saturated heterocycles. The lowest BCUT2D eigenvalue weighted by Crippen LogP contribution is -2.51. The van der Waals surface area contributed by atoms with Gasteiger partial charge in [0.1, 0.15) is 28.2 Å². The molecule has 11 nitrogen and oxygen atoms in total. The normalized spacial score (nSPS) is 27.9. The van der Waals surface area contributed by atoms with Crippen molar-refractivity contribution in [3.8, 4) is 5.69 Å². The SMILES string of the molecule is CC1Cc2c([nH]c3ccc(F)cc23)C2(CCC(c3ccccc3)(N(C)C)CC2)O1.CCC1(c2ccccc2)CCC2(CC1)OCCc1c2[nH]c2ccccc12.CN(C)C1(c2ccccc2)CCC2(CC1)OCCc1c2n(-c2ccccc2)c2ccccc12.Cc1ccc2[nH]c3c(c2c1)CC(C)OC31CCC(c2ccccc2)(N(C)C)CC1. The van der Waals surface area contributed by atoms with Gasteiger partial charge < -0.3 is 38.5 Å². The maximum atomic E-state index is 13.9. The van der Waals surface area contributed by atoms with E-state index in [1.54, 1.807) is 6.07 Å². The molecule has 4 aromatic heterocycles. The Balaban J connectivity index is 0.000000108. The molecule has 4 spiro atoms. The van der Waals surface area contributed by atoms with E-state index in [9.17, 15) is 4.39 Å². The molecule has 4 fully saturated rings. The Morgan fingerprint density at radius 3 is 1.25 bits per heavy atom. The quantitative estimate of drug-likeness (QED) is 0.132. The Bertz CT molecular complexity index is 5460. The second-order valence-corrected chi connectivity index (χ2v) is 36.6. The van der Waals surface area contributed by atoms with E-state index in [0.717, 1.165) is 140 Å². The smallest absolute Gasteiger partial charge is 0.123 e. The van der Waals surface area contributed by atoms with E-state index in [1.165, 1.54) is 137 Å². The predicted molar refractivity (Wildman–Crippen MR) is 475 cm³/mol. The Morgan fingerprint density at radius 1 is 0.376 bits per heavy atom. The topological polar surface area (TPSA) is 98.9 Å². The molecule has 9 aromatic carbocycles. The van der Waals surface area contributed by atoms with Crippen LogP contribution in [-0.4, -0.2) is 102 Å². The number of hydrogen-bond acceptors (Lipinski definition) is 7. The molecule has 4 aliphatic heterocycles. The lowest BCUT2D eigenvalue weighted by atomic mass is 9.62. The number of aromatic amines is 3. The number of nitrogens with zero attached hydrogens (tertiary/aromatic N) is 4. The summed E-state index contributed by atoms with van der Waals surface area (Å²) in [7, 11) is 13.3. The molecule has 3 N–H and O–H groups in total. The maximum Gasteiger partial charge on any atom is 0.123 e. The summed E-state index contributed by atoms with van der Waals surface area (Å²) in [6.45, 7) is 10.6. The first-order chi connectivity index (χ1) is 56.8. The van der Waals surface area contributed by atoms with Gasteiger partial charge in [0.15, 0.2) is 0 Å². The highest BCUT2D eigenvalue weighted by atomic mass is 19.1. The minimum atomic E-state index is -0.309. The molecule has 12 heteroatoms. The van der Waals surface area contributed by atoms with Gasteiger partial charge in [-0.15, -0.1) is 0 Å². The van der Waals surface area contributed by atoms with E-state index in [2.05, 4.69) is 323 Å². The van der Waals surface area contributed by atoms with Gasteiger partial charge in [-0.1, -0.05) is 194 Å². The summed E-state index contributed by atoms with van der Waals surface area (Å²) in [5.74, 6) is -0.174. The molecule has 21 rings (SSSR count). The summed E-state index contributed by atoms with van der Waals surface area (Å²) in [6, 6.07) is 84.4. The van der Waals surface area contributed by atoms with E-state index in [0.29, 0.717) is 5.41 Å². The molecule has 13 aromatic rings. The zero-order valence-corrected chi connectivity index (χ0v) is 70.7. The van der Waals surface area contributed by atoms with Gasteiger partial charge in [-0.25, -0.2) is 4.39 Å². The van der Waals surface area contributed by atoms with Crippen LogP contribution in [0.15, 0.2) is 237 Å². The first-order valence-electron chi connectivity index (χ1n) is 43.9. The minimum Gasteiger partial charge on any atom is -0.368 e. The van der Waals surface area contributed by atoms with Crippen LogP contribution in [-0.2, 0) is 89.1 Å². The molecule has 606 valence electrons. The Morgan fingerprint density at radius 2 is 0.761 bits per heavy atom. The largest absolute Gasteiger partial charge is 0.368 e. The van der Waals surface area contributed by atoms with Crippen molar-refractivity contribution in [3.63, 3.8) is 0 Å². The Hall–Kier alpha value is -9.21. The molecule has 117 heavy (non-hydrogen) atoms. The highest BCUT2D eigenvalue weighted by Gasteiger charge is 2.55. The average Bonchev–Trinajstić information content (AvgIpc) is 1.50. The predicted octanol–water partition coefficient (Wildman–Crippen LogP) is 23.4. The number of nitrogens with one attached hydrogen (secondary N) is 3. The second-order valence-electron chi connectivity index (χ2n) is 36.6. The molecule has 0 amide bonds. The van der Waals surface area contributed by atoms with Gasteiger partial charge in [0, 0.05) is 73.2 Å². The zero-order valence-electron chi connectivity index (χ0n) is 70.7. The standard InChI is InChI=1S/C30H32N2O.C26H32N2O.C25H29FN2O.C24H27NO/c1-31(2)29(23-11-5-3-6-12-23)18-20-30(21-19-29)28-26(17-22-33-30)25-15-9-10-16-27(25)32(28)24-13-7-4-8-14-24;1-18-10-11-23-21(16-18)22-17-19(2)29-26(24(22)27-23)14-12-25(13-15-26,28(3)4)20-8-6-5-7-9-20;1-17-15-21-20-16-19(26)9-10-22(20)27-23(21)25(29-17)13-11-24(12-14-25,28(2)3)18-7-5-4-6-8-18;1-2-23(18-8-4-3-5-9-18)13-15-24(16-14-23)22-20(12-17-26-24)19-10-6-7-11-21(19)25-22/h3-16H,17-22H2,1-2H3;5-11,16,19,27H,12-15,17H2,1-4H3;4-10,16-17,27H,11-15H2,1-3H3;3-11,25H,2,12-17H2,1H3. The fraction of sp³-hybridized carbons (Fsp3) is 0.410. The lowest BCUT2D eigenvalue weighted by Gasteiger charge is -2.51. The Kier molecular flexibility index (Phi) is 21.3. The van der Waals surface area contributed by atoms with Crippen LogP contribution in [0.4, 0.5) is 4.39 Å². The van der Waals surface area contributed by atoms with Crippen molar-refractivity contribution in [3.05, 3.63) is 315 Å². The van der Waals surface area contributed by atoms with Gasteiger partial charge in [0.25, 0.3) is 0 Å². The third kappa shape index (κ3) is 13.8. The number of aryl methyl sites for hydroxylation is 1. The zero-order chi connectivity index (χ0) is 80.5. The highest BCUT2D eigenvalue weighted by molar-refractivity contribution is 5.89. The van der Waals surface area contributed by atoms with Crippen LogP contribution in [0, 0.1) is 12.7 Å². The summed E-state index contributed by atoms with van der Waals surface area (Å²) in [4.78, 5) is 18.4. The number of para-hydroxylation sites is 3. The number of fused-ring (bicyclic) bond motifs is 16. The second kappa shape index (κ2) is 31.5. The number of rotatable bonds is 9. The Labute approximate surface area is 692 Å². The number of halogens is 1.